The molecule has 0 aromatic heterocycles. The number of carbonyl (C=O) groups excluding carboxylic acids is 1. The number of para-hydroxylation sites is 1. The van der Waals surface area contributed by atoms with Crippen molar-refractivity contribution in [1.29, 1.82) is 0 Å². The molecule has 5 rings (SSSR count). The van der Waals surface area contributed by atoms with E-state index in [4.69, 9.17) is 0 Å². The Bertz CT molecular complexity index is 901. The SMILES string of the molecule is Cc1ccc(C(=O)CCCN2CC[C@H]3C(C2)c2cccc4c2N3CCCS4)cc1.Cl. The molecule has 3 aliphatic heterocycles. The summed E-state index contributed by atoms with van der Waals surface area (Å²) >= 11 is 2.04. The van der Waals surface area contributed by atoms with Crippen LogP contribution >= 0.6 is 24.2 Å². The molecule has 0 amide bonds. The highest BCUT2D eigenvalue weighted by Gasteiger charge is 2.43. The lowest BCUT2D eigenvalue weighted by Crippen LogP contribution is -2.46. The highest BCUT2D eigenvalue weighted by molar-refractivity contribution is 7.99. The van der Waals surface area contributed by atoms with Crippen molar-refractivity contribution < 1.29 is 4.79 Å². The second-order valence-electron chi connectivity index (χ2n) is 8.75. The van der Waals surface area contributed by atoms with E-state index in [-0.39, 0.29) is 18.2 Å². The van der Waals surface area contributed by atoms with Crippen LogP contribution in [0, 0.1) is 6.92 Å². The number of rotatable bonds is 5. The fourth-order valence-electron chi connectivity index (χ4n) is 5.36. The van der Waals surface area contributed by atoms with E-state index in [1.807, 2.05) is 36.0 Å². The standard InChI is InChI=1S/C25H30N2OS.ClH/c1-18-8-10-19(11-9-18)23(28)6-3-13-26-15-12-22-21(17-26)20-5-2-7-24-25(20)27(22)14-4-16-29-24;/h2,5,7-11,21-22H,3-4,6,12-17H2,1H3;1H/t21?,22-;/m0./s1. The second kappa shape index (κ2) is 9.33. The predicted octanol–water partition coefficient (Wildman–Crippen LogP) is 5.55. The fraction of sp³-hybridized carbons (Fsp3) is 0.480. The van der Waals surface area contributed by atoms with Gasteiger partial charge in [0.2, 0.25) is 0 Å². The Morgan fingerprint density at radius 3 is 2.80 bits per heavy atom. The molecule has 0 radical (unpaired) electrons. The summed E-state index contributed by atoms with van der Waals surface area (Å²) in [6.45, 7) is 6.60. The maximum Gasteiger partial charge on any atom is 0.162 e. The molecule has 2 atom stereocenters. The number of piperidine rings is 1. The molecule has 0 saturated carbocycles. The molecule has 5 heteroatoms. The smallest absolute Gasteiger partial charge is 0.162 e. The van der Waals surface area contributed by atoms with Gasteiger partial charge in [-0.05, 0) is 50.1 Å². The lowest BCUT2D eigenvalue weighted by molar-refractivity contribution is 0.0971. The number of ketones is 1. The van der Waals surface area contributed by atoms with E-state index < -0.39 is 0 Å². The van der Waals surface area contributed by atoms with Gasteiger partial charge >= 0.3 is 0 Å². The van der Waals surface area contributed by atoms with Crippen LogP contribution in [0.25, 0.3) is 0 Å². The minimum Gasteiger partial charge on any atom is -0.367 e. The number of hydrogen-bond acceptors (Lipinski definition) is 4. The Kier molecular flexibility index (Phi) is 6.76. The Hall–Kier alpha value is -1.49. The molecular weight excluding hydrogens is 412 g/mol. The number of fused-ring (bicyclic) bond motifs is 3. The van der Waals surface area contributed by atoms with Crippen molar-refractivity contribution in [2.24, 2.45) is 0 Å². The molecule has 3 heterocycles. The van der Waals surface area contributed by atoms with Gasteiger partial charge in [-0.25, -0.2) is 0 Å². The fourth-order valence-corrected chi connectivity index (χ4v) is 6.40. The lowest BCUT2D eigenvalue weighted by atomic mass is 9.89. The quantitative estimate of drug-likeness (QED) is 0.566. The van der Waals surface area contributed by atoms with Gasteiger partial charge in [0.15, 0.2) is 5.78 Å². The first-order chi connectivity index (χ1) is 14.2. The third-order valence-electron chi connectivity index (χ3n) is 6.83. The number of likely N-dealkylation sites (tertiary alicyclic amines) is 1. The van der Waals surface area contributed by atoms with Crippen LogP contribution in [0.5, 0.6) is 0 Å². The molecule has 0 N–H and O–H groups in total. The normalized spacial score (nSPS) is 22.6. The molecule has 2 aromatic carbocycles. The summed E-state index contributed by atoms with van der Waals surface area (Å²) in [5.41, 5.74) is 5.18. The summed E-state index contributed by atoms with van der Waals surface area (Å²) in [5.74, 6) is 2.15. The number of benzene rings is 2. The topological polar surface area (TPSA) is 23.6 Å². The molecule has 30 heavy (non-hydrogen) atoms. The number of anilines is 1. The van der Waals surface area contributed by atoms with Crippen LogP contribution in [-0.4, -0.2) is 48.7 Å². The number of hydrogen-bond donors (Lipinski definition) is 0. The number of nitrogens with zero attached hydrogens (tertiary/aromatic N) is 2. The Balaban J connectivity index is 0.00000218. The molecule has 3 aliphatic rings. The first-order valence-corrected chi connectivity index (χ1v) is 12.0. The van der Waals surface area contributed by atoms with Gasteiger partial charge in [0.25, 0.3) is 0 Å². The maximum atomic E-state index is 12.5. The molecule has 0 aliphatic carbocycles. The van der Waals surface area contributed by atoms with Crippen molar-refractivity contribution in [1.82, 2.24) is 4.90 Å². The zero-order valence-electron chi connectivity index (χ0n) is 17.7. The molecule has 0 spiro atoms. The summed E-state index contributed by atoms with van der Waals surface area (Å²) in [6.07, 6.45) is 4.13. The van der Waals surface area contributed by atoms with E-state index in [0.717, 1.165) is 31.6 Å². The first kappa shape index (κ1) is 21.7. The average Bonchev–Trinajstić information content (AvgIpc) is 2.89. The molecule has 160 valence electrons. The van der Waals surface area contributed by atoms with Gasteiger partial charge in [-0.2, -0.15) is 0 Å². The van der Waals surface area contributed by atoms with Crippen LogP contribution in [0.15, 0.2) is 47.4 Å². The molecule has 0 bridgehead atoms. The number of halogens is 1. The van der Waals surface area contributed by atoms with Crippen molar-refractivity contribution >= 4 is 35.6 Å². The largest absolute Gasteiger partial charge is 0.367 e. The summed E-state index contributed by atoms with van der Waals surface area (Å²) in [6, 6.07) is 15.6. The summed E-state index contributed by atoms with van der Waals surface area (Å²) in [5, 5.41) is 0. The lowest BCUT2D eigenvalue weighted by Gasteiger charge is -2.39. The van der Waals surface area contributed by atoms with Crippen molar-refractivity contribution in [2.45, 2.75) is 49.5 Å². The van der Waals surface area contributed by atoms with Crippen LogP contribution in [0.1, 0.15) is 53.1 Å². The Morgan fingerprint density at radius 1 is 1.13 bits per heavy atom. The van der Waals surface area contributed by atoms with Gasteiger partial charge in [0, 0.05) is 48.5 Å². The summed E-state index contributed by atoms with van der Waals surface area (Å²) < 4.78 is 0. The third-order valence-corrected chi connectivity index (χ3v) is 7.96. The van der Waals surface area contributed by atoms with Gasteiger partial charge in [-0.3, -0.25) is 4.79 Å². The van der Waals surface area contributed by atoms with Crippen LogP contribution in [-0.2, 0) is 0 Å². The average molecular weight is 443 g/mol. The number of thioether (sulfide) groups is 1. The van der Waals surface area contributed by atoms with Crippen molar-refractivity contribution in [3.8, 4) is 0 Å². The maximum absolute atomic E-state index is 12.5. The number of Topliss-reactive ketones (excluding diaryl/α,β-unsaturated/α-hetero) is 1. The molecule has 1 saturated heterocycles. The zero-order valence-corrected chi connectivity index (χ0v) is 19.3. The van der Waals surface area contributed by atoms with E-state index in [2.05, 4.69) is 34.9 Å². The van der Waals surface area contributed by atoms with Gasteiger partial charge < -0.3 is 9.80 Å². The molecular formula is C25H31ClN2OS. The van der Waals surface area contributed by atoms with Crippen molar-refractivity contribution in [3.05, 3.63) is 59.2 Å². The molecule has 1 unspecified atom stereocenters. The Labute approximate surface area is 190 Å². The van der Waals surface area contributed by atoms with Gasteiger partial charge in [0.1, 0.15) is 0 Å². The molecule has 2 aromatic rings. The van der Waals surface area contributed by atoms with E-state index in [1.54, 1.807) is 11.3 Å². The van der Waals surface area contributed by atoms with E-state index >= 15 is 0 Å². The zero-order chi connectivity index (χ0) is 19.8. The van der Waals surface area contributed by atoms with E-state index in [0.29, 0.717) is 18.4 Å². The highest BCUT2D eigenvalue weighted by Crippen LogP contribution is 2.50. The van der Waals surface area contributed by atoms with Crippen LogP contribution < -0.4 is 4.90 Å². The first-order valence-electron chi connectivity index (χ1n) is 11.1. The van der Waals surface area contributed by atoms with Crippen LogP contribution in [0.4, 0.5) is 5.69 Å². The van der Waals surface area contributed by atoms with E-state index in [1.165, 1.54) is 35.6 Å². The van der Waals surface area contributed by atoms with Gasteiger partial charge in [0.05, 0.1) is 5.69 Å². The highest BCUT2D eigenvalue weighted by atomic mass is 35.5. The monoisotopic (exact) mass is 442 g/mol. The van der Waals surface area contributed by atoms with Gasteiger partial charge in [-0.15, -0.1) is 24.2 Å². The summed E-state index contributed by atoms with van der Waals surface area (Å²) in [7, 11) is 0. The molecule has 1 fully saturated rings. The number of aryl methyl sites for hydroxylation is 1. The third kappa shape index (κ3) is 4.15. The van der Waals surface area contributed by atoms with Crippen molar-refractivity contribution in [3.63, 3.8) is 0 Å². The Morgan fingerprint density at radius 2 is 1.97 bits per heavy atom. The van der Waals surface area contributed by atoms with Crippen molar-refractivity contribution in [2.75, 3.05) is 36.8 Å². The number of carbonyl (C=O) groups is 1. The minimum absolute atomic E-state index is 0. The minimum atomic E-state index is 0. The predicted molar refractivity (Wildman–Crippen MR) is 129 cm³/mol. The van der Waals surface area contributed by atoms with E-state index in [9.17, 15) is 4.79 Å². The summed E-state index contributed by atoms with van der Waals surface area (Å²) in [4.78, 5) is 19.3. The molecule has 3 nitrogen and oxygen atoms in total. The van der Waals surface area contributed by atoms with Gasteiger partial charge in [-0.1, -0.05) is 42.0 Å². The second-order valence-corrected chi connectivity index (χ2v) is 9.88. The van der Waals surface area contributed by atoms with Crippen LogP contribution in [0.2, 0.25) is 0 Å². The van der Waals surface area contributed by atoms with Crippen LogP contribution in [0.3, 0.4) is 0 Å².